The van der Waals surface area contributed by atoms with Crippen LogP contribution in [0, 0.1) is 5.92 Å². The first-order valence-corrected chi connectivity index (χ1v) is 10.8. The maximum absolute atomic E-state index is 12.6. The van der Waals surface area contributed by atoms with Crippen LogP contribution in [0.25, 0.3) is 0 Å². The van der Waals surface area contributed by atoms with Crippen molar-refractivity contribution in [2.45, 2.75) is 52.9 Å². The Bertz CT molecular complexity index is 861. The smallest absolute Gasteiger partial charge is 0.233 e. The van der Waals surface area contributed by atoms with E-state index in [-0.39, 0.29) is 22.8 Å². The zero-order chi connectivity index (χ0) is 22.1. The number of nitrogens with one attached hydrogen (secondary N) is 3. The van der Waals surface area contributed by atoms with Gasteiger partial charge in [-0.3, -0.25) is 9.59 Å². The van der Waals surface area contributed by atoms with Crippen molar-refractivity contribution in [3.05, 3.63) is 59.7 Å². The molecule has 3 N–H and O–H groups in total. The van der Waals surface area contributed by atoms with Crippen molar-refractivity contribution in [1.82, 2.24) is 5.32 Å². The molecule has 0 saturated carbocycles. The predicted molar refractivity (Wildman–Crippen MR) is 128 cm³/mol. The van der Waals surface area contributed by atoms with Crippen molar-refractivity contribution in [3.63, 3.8) is 0 Å². The van der Waals surface area contributed by atoms with Gasteiger partial charge in [-0.15, -0.1) is 0 Å². The van der Waals surface area contributed by atoms with Crippen LogP contribution in [0.5, 0.6) is 0 Å². The summed E-state index contributed by atoms with van der Waals surface area (Å²) in [6.45, 7) is 8.20. The molecule has 0 aliphatic carbocycles. The highest BCUT2D eigenvalue weighted by molar-refractivity contribution is 7.80. The number of benzene rings is 2. The Labute approximate surface area is 184 Å². The van der Waals surface area contributed by atoms with Crippen LogP contribution in [0.3, 0.4) is 0 Å². The van der Waals surface area contributed by atoms with E-state index in [1.165, 1.54) is 5.56 Å². The van der Waals surface area contributed by atoms with E-state index in [2.05, 4.69) is 41.9 Å². The van der Waals surface area contributed by atoms with Crippen LogP contribution >= 0.6 is 12.2 Å². The topological polar surface area (TPSA) is 70.2 Å². The fourth-order valence-electron chi connectivity index (χ4n) is 3.04. The van der Waals surface area contributed by atoms with Crippen molar-refractivity contribution in [3.8, 4) is 0 Å². The number of thiocarbonyl (C=S) groups is 1. The van der Waals surface area contributed by atoms with Gasteiger partial charge in [-0.05, 0) is 73.3 Å². The third-order valence-electron chi connectivity index (χ3n) is 4.66. The Morgan fingerprint density at radius 2 is 1.47 bits per heavy atom. The minimum atomic E-state index is -0.311. The first-order valence-electron chi connectivity index (χ1n) is 10.4. The van der Waals surface area contributed by atoms with Crippen molar-refractivity contribution in [1.29, 1.82) is 0 Å². The van der Waals surface area contributed by atoms with E-state index in [0.29, 0.717) is 12.3 Å². The zero-order valence-corrected chi connectivity index (χ0v) is 18.9. The number of amides is 2. The van der Waals surface area contributed by atoms with Crippen LogP contribution < -0.4 is 16.0 Å². The van der Waals surface area contributed by atoms with Gasteiger partial charge in [0.1, 0.15) is 0 Å². The highest BCUT2D eigenvalue weighted by Crippen LogP contribution is 2.18. The van der Waals surface area contributed by atoms with Gasteiger partial charge in [-0.25, -0.2) is 0 Å². The van der Waals surface area contributed by atoms with E-state index >= 15 is 0 Å². The molecule has 0 radical (unpaired) electrons. The van der Waals surface area contributed by atoms with Gasteiger partial charge in [0.25, 0.3) is 0 Å². The molecule has 5 nitrogen and oxygen atoms in total. The molecule has 0 aliphatic heterocycles. The molecule has 6 heteroatoms. The molecular formula is C24H31N3O2S. The number of rotatable bonds is 8. The second kappa shape index (κ2) is 11.5. The first-order chi connectivity index (χ1) is 14.3. The van der Waals surface area contributed by atoms with Crippen molar-refractivity contribution in [2.24, 2.45) is 5.92 Å². The van der Waals surface area contributed by atoms with E-state index in [4.69, 9.17) is 12.2 Å². The molecule has 160 valence electrons. The molecular weight excluding hydrogens is 394 g/mol. The summed E-state index contributed by atoms with van der Waals surface area (Å²) >= 11 is 5.27. The van der Waals surface area contributed by atoms with E-state index in [1.807, 2.05) is 26.0 Å². The summed E-state index contributed by atoms with van der Waals surface area (Å²) in [4.78, 5) is 24.2. The van der Waals surface area contributed by atoms with E-state index in [9.17, 15) is 9.59 Å². The largest absolute Gasteiger partial charge is 0.332 e. The Morgan fingerprint density at radius 1 is 0.900 bits per heavy atom. The average Bonchev–Trinajstić information content (AvgIpc) is 2.69. The van der Waals surface area contributed by atoms with E-state index in [0.717, 1.165) is 29.8 Å². The lowest BCUT2D eigenvalue weighted by atomic mass is 9.96. The van der Waals surface area contributed by atoms with Crippen molar-refractivity contribution < 1.29 is 9.59 Å². The number of carbonyl (C=O) groups excluding carboxylic acids is 2. The molecule has 0 fully saturated rings. The van der Waals surface area contributed by atoms with Crippen molar-refractivity contribution in [2.75, 3.05) is 10.6 Å². The summed E-state index contributed by atoms with van der Waals surface area (Å²) in [6.07, 6.45) is 2.32. The van der Waals surface area contributed by atoms with Gasteiger partial charge in [-0.2, -0.15) is 0 Å². The average molecular weight is 426 g/mol. The molecule has 2 rings (SSSR count). The Balaban J connectivity index is 1.87. The Kier molecular flexibility index (Phi) is 8.99. The Hall–Kier alpha value is -2.73. The highest BCUT2D eigenvalue weighted by atomic mass is 32.1. The number of hydrogen-bond donors (Lipinski definition) is 3. The van der Waals surface area contributed by atoms with Gasteiger partial charge < -0.3 is 16.0 Å². The Morgan fingerprint density at radius 3 is 2.00 bits per heavy atom. The molecule has 0 spiro atoms. The third-order valence-corrected chi connectivity index (χ3v) is 4.86. The van der Waals surface area contributed by atoms with Crippen LogP contribution in [-0.2, 0) is 16.0 Å². The molecule has 1 atom stereocenters. The molecule has 0 heterocycles. The lowest BCUT2D eigenvalue weighted by molar-refractivity contribution is -0.120. The molecule has 0 aromatic heterocycles. The SMILES string of the molecule is CCCC(=O)Nc1ccc(NC(=S)NC(=O)C(C)c2ccc(CC(C)C)cc2)cc1. The maximum Gasteiger partial charge on any atom is 0.233 e. The lowest BCUT2D eigenvalue weighted by Gasteiger charge is -2.15. The van der Waals surface area contributed by atoms with Gasteiger partial charge >= 0.3 is 0 Å². The van der Waals surface area contributed by atoms with Gasteiger partial charge in [-0.1, -0.05) is 45.0 Å². The molecule has 0 aliphatic rings. The molecule has 0 saturated heterocycles. The third kappa shape index (κ3) is 7.59. The molecule has 30 heavy (non-hydrogen) atoms. The van der Waals surface area contributed by atoms with Gasteiger partial charge in [0, 0.05) is 17.8 Å². The fraction of sp³-hybridized carbons (Fsp3) is 0.375. The quantitative estimate of drug-likeness (QED) is 0.506. The molecule has 0 bridgehead atoms. The fourth-order valence-corrected chi connectivity index (χ4v) is 3.25. The first kappa shape index (κ1) is 23.5. The van der Waals surface area contributed by atoms with E-state index < -0.39 is 0 Å². The van der Waals surface area contributed by atoms with E-state index in [1.54, 1.807) is 24.3 Å². The molecule has 1 unspecified atom stereocenters. The number of anilines is 2. The summed E-state index contributed by atoms with van der Waals surface area (Å²) in [5.41, 5.74) is 3.69. The zero-order valence-electron chi connectivity index (χ0n) is 18.1. The van der Waals surface area contributed by atoms with Crippen LogP contribution in [0.1, 0.15) is 57.6 Å². The lowest BCUT2D eigenvalue weighted by Crippen LogP contribution is -2.36. The normalized spacial score (nSPS) is 11.6. The summed E-state index contributed by atoms with van der Waals surface area (Å²) < 4.78 is 0. The van der Waals surface area contributed by atoms with Crippen LogP contribution in [0.15, 0.2) is 48.5 Å². The van der Waals surface area contributed by atoms with Gasteiger partial charge in [0.15, 0.2) is 5.11 Å². The second-order valence-corrected chi connectivity index (χ2v) is 8.29. The van der Waals surface area contributed by atoms with Gasteiger partial charge in [0.2, 0.25) is 11.8 Å². The van der Waals surface area contributed by atoms with Crippen LogP contribution in [0.4, 0.5) is 11.4 Å². The van der Waals surface area contributed by atoms with Gasteiger partial charge in [0.05, 0.1) is 5.92 Å². The summed E-state index contributed by atoms with van der Waals surface area (Å²) in [5.74, 6) is 0.121. The molecule has 2 aromatic rings. The minimum absolute atomic E-state index is 0.00720. The number of carbonyl (C=O) groups is 2. The standard InChI is InChI=1S/C24H31N3O2S/c1-5-6-22(28)25-20-11-13-21(14-12-20)26-24(30)27-23(29)17(4)19-9-7-18(8-10-19)15-16(2)3/h7-14,16-17H,5-6,15H2,1-4H3,(H,25,28)(H2,26,27,29,30). The minimum Gasteiger partial charge on any atom is -0.332 e. The van der Waals surface area contributed by atoms with Crippen molar-refractivity contribution >= 4 is 40.5 Å². The van der Waals surface area contributed by atoms with Crippen LogP contribution in [-0.4, -0.2) is 16.9 Å². The molecule has 2 aromatic carbocycles. The second-order valence-electron chi connectivity index (χ2n) is 7.88. The summed E-state index contributed by atoms with van der Waals surface area (Å²) in [6, 6.07) is 15.4. The summed E-state index contributed by atoms with van der Waals surface area (Å²) in [7, 11) is 0. The molecule has 2 amide bonds. The monoisotopic (exact) mass is 425 g/mol. The highest BCUT2D eigenvalue weighted by Gasteiger charge is 2.16. The number of hydrogen-bond acceptors (Lipinski definition) is 3. The summed E-state index contributed by atoms with van der Waals surface area (Å²) in [5, 5.41) is 8.83. The maximum atomic E-state index is 12.6. The van der Waals surface area contributed by atoms with Crippen LogP contribution in [0.2, 0.25) is 0 Å². The predicted octanol–water partition coefficient (Wildman–Crippen LogP) is 5.24.